The van der Waals surface area contributed by atoms with Gasteiger partial charge in [0.1, 0.15) is 11.5 Å². The maximum Gasteiger partial charge on any atom is 0.265 e. The summed E-state index contributed by atoms with van der Waals surface area (Å²) in [6.07, 6.45) is 6.02. The van der Waals surface area contributed by atoms with E-state index in [1.807, 2.05) is 31.2 Å². The van der Waals surface area contributed by atoms with Crippen molar-refractivity contribution < 1.29 is 23.9 Å². The monoisotopic (exact) mass is 416 g/mol. The summed E-state index contributed by atoms with van der Waals surface area (Å²) < 4.78 is 5.88. The minimum absolute atomic E-state index is 0.0854. The third kappa shape index (κ3) is 2.96. The number of carbonyl (C=O) groups excluding carboxylic acids is 4. The summed E-state index contributed by atoms with van der Waals surface area (Å²) in [6.45, 7) is 2.00. The highest BCUT2D eigenvalue weighted by molar-refractivity contribution is 6.25. The van der Waals surface area contributed by atoms with E-state index < -0.39 is 23.6 Å². The molecule has 0 N–H and O–H groups in total. The van der Waals surface area contributed by atoms with Gasteiger partial charge >= 0.3 is 0 Å². The SMILES string of the molecule is Cc1ccc(OC2=CC=C(N3C(=O)C4=C(CC5C(=O)N(C)C(=O)C5=C4)C3=O)CC2)cc1. The molecular weight excluding hydrogens is 396 g/mol. The molecule has 0 radical (unpaired) electrons. The number of benzene rings is 1. The maximum atomic E-state index is 13.0. The van der Waals surface area contributed by atoms with Crippen LogP contribution in [0.1, 0.15) is 24.8 Å². The first-order valence-electron chi connectivity index (χ1n) is 10.1. The molecule has 7 nitrogen and oxygen atoms in total. The van der Waals surface area contributed by atoms with E-state index in [9.17, 15) is 19.2 Å². The standard InChI is InChI=1S/C24H20N2O5/c1-13-3-7-15(8-4-13)31-16-9-5-14(6-10-16)26-23(29)19-11-17-18(12-20(19)24(26)30)22(28)25(2)21(17)27/h3-5,7-9,11,18H,6,10,12H2,1-2H3. The Hall–Kier alpha value is -3.74. The Bertz CT molecular complexity index is 1180. The molecule has 1 fully saturated rings. The molecule has 0 bridgehead atoms. The van der Waals surface area contributed by atoms with Crippen LogP contribution in [-0.4, -0.2) is 40.5 Å². The summed E-state index contributed by atoms with van der Waals surface area (Å²) >= 11 is 0. The summed E-state index contributed by atoms with van der Waals surface area (Å²) in [6, 6.07) is 7.72. The van der Waals surface area contributed by atoms with Gasteiger partial charge in [-0.05, 0) is 50.1 Å². The fraction of sp³-hybridized carbons (Fsp3) is 0.250. The summed E-state index contributed by atoms with van der Waals surface area (Å²) in [5.74, 6) is -0.784. The van der Waals surface area contributed by atoms with Crippen LogP contribution in [0.4, 0.5) is 0 Å². The molecule has 1 aromatic rings. The zero-order chi connectivity index (χ0) is 21.9. The second-order valence-electron chi connectivity index (χ2n) is 8.10. The summed E-state index contributed by atoms with van der Waals surface area (Å²) in [4.78, 5) is 52.9. The molecule has 7 heteroatoms. The number of nitrogens with zero attached hydrogens (tertiary/aromatic N) is 2. The largest absolute Gasteiger partial charge is 0.462 e. The quantitative estimate of drug-likeness (QED) is 0.707. The van der Waals surface area contributed by atoms with Gasteiger partial charge in [-0.2, -0.15) is 0 Å². The molecule has 2 heterocycles. The van der Waals surface area contributed by atoms with Gasteiger partial charge in [0.25, 0.3) is 17.7 Å². The predicted molar refractivity (Wildman–Crippen MR) is 110 cm³/mol. The molecule has 156 valence electrons. The number of fused-ring (bicyclic) bond motifs is 1. The van der Waals surface area contributed by atoms with Gasteiger partial charge in [0.2, 0.25) is 5.91 Å². The van der Waals surface area contributed by atoms with E-state index in [2.05, 4.69) is 0 Å². The number of hydrogen-bond donors (Lipinski definition) is 0. The lowest BCUT2D eigenvalue weighted by Crippen LogP contribution is -2.32. The first-order valence-corrected chi connectivity index (χ1v) is 10.1. The Kier molecular flexibility index (Phi) is 4.28. The van der Waals surface area contributed by atoms with Crippen LogP contribution in [0.2, 0.25) is 0 Å². The molecule has 31 heavy (non-hydrogen) atoms. The molecule has 0 spiro atoms. The Morgan fingerprint density at radius 2 is 1.68 bits per heavy atom. The zero-order valence-corrected chi connectivity index (χ0v) is 17.2. The molecular formula is C24H20N2O5. The lowest BCUT2D eigenvalue weighted by atomic mass is 9.85. The van der Waals surface area contributed by atoms with E-state index in [4.69, 9.17) is 4.74 Å². The smallest absolute Gasteiger partial charge is 0.265 e. The number of likely N-dealkylation sites (N-methyl/N-ethyl adjacent to an activating group) is 1. The van der Waals surface area contributed by atoms with E-state index in [-0.39, 0.29) is 17.9 Å². The number of ether oxygens (including phenoxy) is 1. The van der Waals surface area contributed by atoms with Gasteiger partial charge in [-0.1, -0.05) is 17.7 Å². The van der Waals surface area contributed by atoms with Crippen molar-refractivity contribution in [3.05, 3.63) is 76.2 Å². The second-order valence-corrected chi connectivity index (χ2v) is 8.10. The van der Waals surface area contributed by atoms with Gasteiger partial charge in [-0.25, -0.2) is 4.90 Å². The average molecular weight is 416 g/mol. The van der Waals surface area contributed by atoms with Crippen LogP contribution in [0.5, 0.6) is 5.75 Å². The van der Waals surface area contributed by atoms with Crippen molar-refractivity contribution in [2.45, 2.75) is 26.2 Å². The number of allylic oxidation sites excluding steroid dienone is 4. The van der Waals surface area contributed by atoms with Gasteiger partial charge < -0.3 is 4.74 Å². The summed E-state index contributed by atoms with van der Waals surface area (Å²) in [5, 5.41) is 0. The molecule has 1 unspecified atom stereocenters. The molecule has 4 aliphatic rings. The van der Waals surface area contributed by atoms with Crippen LogP contribution >= 0.6 is 0 Å². The van der Waals surface area contributed by atoms with Gasteiger partial charge in [-0.15, -0.1) is 0 Å². The van der Waals surface area contributed by atoms with Gasteiger partial charge in [-0.3, -0.25) is 24.1 Å². The van der Waals surface area contributed by atoms with Crippen molar-refractivity contribution in [2.24, 2.45) is 5.92 Å². The average Bonchev–Trinajstić information content (AvgIpc) is 3.14. The highest BCUT2D eigenvalue weighted by Crippen LogP contribution is 2.41. The Morgan fingerprint density at radius 1 is 0.935 bits per heavy atom. The van der Waals surface area contributed by atoms with Crippen molar-refractivity contribution in [1.82, 2.24) is 9.80 Å². The Balaban J connectivity index is 1.37. The Labute approximate surface area is 178 Å². The number of aryl methyl sites for hydroxylation is 1. The minimum atomic E-state index is -0.678. The molecule has 1 aromatic carbocycles. The first-order chi connectivity index (χ1) is 14.8. The molecule has 1 saturated heterocycles. The van der Waals surface area contributed by atoms with Crippen molar-refractivity contribution in [3.8, 4) is 5.75 Å². The fourth-order valence-corrected chi connectivity index (χ4v) is 4.36. The maximum absolute atomic E-state index is 13.0. The predicted octanol–water partition coefficient (Wildman–Crippen LogP) is 2.55. The van der Waals surface area contributed by atoms with Crippen LogP contribution in [0.3, 0.4) is 0 Å². The molecule has 2 aliphatic carbocycles. The van der Waals surface area contributed by atoms with Crippen LogP contribution in [0, 0.1) is 12.8 Å². The van der Waals surface area contributed by atoms with Crippen LogP contribution in [-0.2, 0) is 19.2 Å². The van der Waals surface area contributed by atoms with Crippen LogP contribution < -0.4 is 4.74 Å². The second kappa shape index (κ2) is 6.91. The van der Waals surface area contributed by atoms with Crippen LogP contribution in [0.15, 0.2) is 70.7 Å². The number of amides is 4. The highest BCUT2D eigenvalue weighted by atomic mass is 16.5. The van der Waals surface area contributed by atoms with Crippen LogP contribution in [0.25, 0.3) is 0 Å². The number of rotatable bonds is 3. The molecule has 4 amide bonds. The molecule has 0 aromatic heterocycles. The zero-order valence-electron chi connectivity index (χ0n) is 17.2. The van der Waals surface area contributed by atoms with Crippen molar-refractivity contribution >= 4 is 23.6 Å². The normalized spacial score (nSPS) is 23.0. The lowest BCUT2D eigenvalue weighted by molar-refractivity contribution is -0.137. The summed E-state index contributed by atoms with van der Waals surface area (Å²) in [7, 11) is 1.42. The number of imide groups is 2. The van der Waals surface area contributed by atoms with E-state index in [1.165, 1.54) is 18.0 Å². The third-order valence-corrected chi connectivity index (χ3v) is 6.13. The van der Waals surface area contributed by atoms with E-state index >= 15 is 0 Å². The minimum Gasteiger partial charge on any atom is -0.462 e. The van der Waals surface area contributed by atoms with Crippen molar-refractivity contribution in [2.75, 3.05) is 7.05 Å². The summed E-state index contributed by atoms with van der Waals surface area (Å²) in [5.41, 5.74) is 2.55. The number of likely N-dealkylation sites (tertiary alicyclic amines) is 1. The fourth-order valence-electron chi connectivity index (χ4n) is 4.36. The Morgan fingerprint density at radius 3 is 2.35 bits per heavy atom. The highest BCUT2D eigenvalue weighted by Gasteiger charge is 2.49. The van der Waals surface area contributed by atoms with Gasteiger partial charge in [0, 0.05) is 35.9 Å². The third-order valence-electron chi connectivity index (χ3n) is 6.13. The van der Waals surface area contributed by atoms with E-state index in [1.54, 1.807) is 12.2 Å². The van der Waals surface area contributed by atoms with E-state index in [0.29, 0.717) is 29.7 Å². The van der Waals surface area contributed by atoms with Crippen molar-refractivity contribution in [1.29, 1.82) is 0 Å². The van der Waals surface area contributed by atoms with Gasteiger partial charge in [0.05, 0.1) is 5.92 Å². The number of hydrogen-bond acceptors (Lipinski definition) is 5. The molecule has 2 aliphatic heterocycles. The first kappa shape index (κ1) is 19.2. The lowest BCUT2D eigenvalue weighted by Gasteiger charge is -2.22. The number of carbonyl (C=O) groups is 4. The molecule has 5 rings (SSSR count). The topological polar surface area (TPSA) is 84.0 Å². The van der Waals surface area contributed by atoms with E-state index in [0.717, 1.165) is 22.0 Å². The molecule has 1 atom stereocenters. The van der Waals surface area contributed by atoms with Crippen molar-refractivity contribution in [3.63, 3.8) is 0 Å². The van der Waals surface area contributed by atoms with Gasteiger partial charge in [0.15, 0.2) is 0 Å². The molecule has 0 saturated carbocycles.